The molecule has 0 aliphatic carbocycles. The molecule has 6 heteroatoms. The number of likely N-dealkylation sites (tertiary alicyclic amines) is 1. The molecule has 2 N–H and O–H groups in total. The van der Waals surface area contributed by atoms with Crippen LogP contribution in [0, 0.1) is 24.2 Å². The number of carbonyl (C=O) groups is 1. The van der Waals surface area contributed by atoms with Gasteiger partial charge in [0.25, 0.3) is 0 Å². The van der Waals surface area contributed by atoms with Crippen molar-refractivity contribution in [1.82, 2.24) is 10.2 Å². The number of nitrogens with zero attached hydrogens (tertiary/aromatic N) is 2. The lowest BCUT2D eigenvalue weighted by atomic mass is 9.97. The Hall–Kier alpha value is -1.75. The first-order valence-corrected chi connectivity index (χ1v) is 8.84. The standard InChI is InChI=1S/C20H28N4O.HI/c1-5-16-7-6-8-18(12-16)23-19(25)13-22-20(21-4)24-10-9-17(14-24)11-15(2)3;/h1,6-8,12,15,17H,9-11,13-14H2,2-4H3,(H,21,22)(H,23,25);1H. The fourth-order valence-electron chi connectivity index (χ4n) is 3.27. The van der Waals surface area contributed by atoms with Crippen molar-refractivity contribution in [2.24, 2.45) is 16.8 Å². The van der Waals surface area contributed by atoms with Gasteiger partial charge in [-0.1, -0.05) is 25.8 Å². The number of hydrogen-bond donors (Lipinski definition) is 2. The molecule has 0 radical (unpaired) electrons. The molecule has 1 unspecified atom stereocenters. The second-order valence-corrected chi connectivity index (χ2v) is 6.90. The van der Waals surface area contributed by atoms with E-state index in [1.165, 1.54) is 12.8 Å². The fraction of sp³-hybridized carbons (Fsp3) is 0.500. The van der Waals surface area contributed by atoms with Crippen LogP contribution >= 0.6 is 24.0 Å². The predicted molar refractivity (Wildman–Crippen MR) is 119 cm³/mol. The first kappa shape index (κ1) is 22.3. The number of amides is 1. The van der Waals surface area contributed by atoms with Gasteiger partial charge in [-0.25, -0.2) is 0 Å². The second-order valence-electron chi connectivity index (χ2n) is 6.90. The van der Waals surface area contributed by atoms with Crippen LogP contribution in [0.1, 0.15) is 32.3 Å². The van der Waals surface area contributed by atoms with Crippen LogP contribution in [0.3, 0.4) is 0 Å². The van der Waals surface area contributed by atoms with Gasteiger partial charge in [-0.2, -0.15) is 0 Å². The molecule has 1 amide bonds. The van der Waals surface area contributed by atoms with Crippen LogP contribution in [0.15, 0.2) is 29.3 Å². The highest BCUT2D eigenvalue weighted by molar-refractivity contribution is 14.0. The van der Waals surface area contributed by atoms with Gasteiger partial charge in [0, 0.05) is 31.4 Å². The van der Waals surface area contributed by atoms with Crippen LogP contribution in [-0.2, 0) is 4.79 Å². The Morgan fingerprint density at radius 2 is 2.23 bits per heavy atom. The predicted octanol–water partition coefficient (Wildman–Crippen LogP) is 3.17. The fourth-order valence-corrected chi connectivity index (χ4v) is 3.27. The zero-order valence-corrected chi connectivity index (χ0v) is 18.1. The summed E-state index contributed by atoms with van der Waals surface area (Å²) in [4.78, 5) is 18.7. The Morgan fingerprint density at radius 3 is 2.88 bits per heavy atom. The van der Waals surface area contributed by atoms with E-state index in [0.29, 0.717) is 17.5 Å². The van der Waals surface area contributed by atoms with Crippen molar-refractivity contribution in [2.45, 2.75) is 26.7 Å². The molecule has 1 aliphatic rings. The minimum atomic E-state index is -0.117. The maximum absolute atomic E-state index is 12.2. The van der Waals surface area contributed by atoms with E-state index in [4.69, 9.17) is 6.42 Å². The Labute approximate surface area is 174 Å². The van der Waals surface area contributed by atoms with Crippen molar-refractivity contribution in [3.63, 3.8) is 0 Å². The molecule has 2 rings (SSSR count). The topological polar surface area (TPSA) is 56.7 Å². The third kappa shape index (κ3) is 6.87. The highest BCUT2D eigenvalue weighted by Gasteiger charge is 2.25. The molecule has 142 valence electrons. The molecule has 0 aromatic heterocycles. The van der Waals surface area contributed by atoms with Gasteiger partial charge in [0.05, 0.1) is 6.54 Å². The molecule has 1 aromatic carbocycles. The zero-order chi connectivity index (χ0) is 18.2. The third-order valence-corrected chi connectivity index (χ3v) is 4.32. The molecule has 1 aliphatic heterocycles. The lowest BCUT2D eigenvalue weighted by molar-refractivity contribution is -0.115. The molecule has 26 heavy (non-hydrogen) atoms. The molecule has 0 saturated carbocycles. The second kappa shape index (κ2) is 11.1. The van der Waals surface area contributed by atoms with Crippen LogP contribution in [0.4, 0.5) is 5.69 Å². The van der Waals surface area contributed by atoms with E-state index in [0.717, 1.165) is 24.6 Å². The summed E-state index contributed by atoms with van der Waals surface area (Å²) < 4.78 is 0. The number of rotatable bonds is 5. The summed E-state index contributed by atoms with van der Waals surface area (Å²) in [5.74, 6) is 4.65. The number of anilines is 1. The number of carbonyl (C=O) groups excluding carboxylic acids is 1. The van der Waals surface area contributed by atoms with E-state index in [-0.39, 0.29) is 36.4 Å². The van der Waals surface area contributed by atoms with Gasteiger partial charge >= 0.3 is 0 Å². The summed E-state index contributed by atoms with van der Waals surface area (Å²) in [7, 11) is 1.76. The maximum Gasteiger partial charge on any atom is 0.243 e. The monoisotopic (exact) mass is 468 g/mol. The SMILES string of the molecule is C#Cc1cccc(NC(=O)CNC(=NC)N2CCC(CC(C)C)C2)c1.I. The van der Waals surface area contributed by atoms with Crippen molar-refractivity contribution in [1.29, 1.82) is 0 Å². The summed E-state index contributed by atoms with van der Waals surface area (Å²) in [5, 5.41) is 6.01. The largest absolute Gasteiger partial charge is 0.347 e. The van der Waals surface area contributed by atoms with Gasteiger partial charge in [-0.05, 0) is 42.9 Å². The number of benzene rings is 1. The molecule has 1 atom stereocenters. The van der Waals surface area contributed by atoms with Crippen molar-refractivity contribution >= 4 is 41.5 Å². The molecule has 1 fully saturated rings. The smallest absolute Gasteiger partial charge is 0.243 e. The first-order valence-electron chi connectivity index (χ1n) is 8.84. The lowest BCUT2D eigenvalue weighted by Crippen LogP contribution is -2.43. The van der Waals surface area contributed by atoms with Crippen LogP contribution in [0.5, 0.6) is 0 Å². The Kier molecular flexibility index (Phi) is 9.49. The first-order chi connectivity index (χ1) is 12.0. The average Bonchev–Trinajstić information content (AvgIpc) is 3.03. The van der Waals surface area contributed by atoms with E-state index in [9.17, 15) is 4.79 Å². The number of hydrogen-bond acceptors (Lipinski definition) is 2. The Morgan fingerprint density at radius 1 is 1.46 bits per heavy atom. The Bertz CT molecular complexity index is 666. The minimum absolute atomic E-state index is 0. The minimum Gasteiger partial charge on any atom is -0.347 e. The molecular weight excluding hydrogens is 439 g/mol. The van der Waals surface area contributed by atoms with Gasteiger partial charge in [-0.15, -0.1) is 30.4 Å². The van der Waals surface area contributed by atoms with Gasteiger partial charge in [0.15, 0.2) is 5.96 Å². The number of aliphatic imine (C=N–C) groups is 1. The highest BCUT2D eigenvalue weighted by atomic mass is 127. The summed E-state index contributed by atoms with van der Waals surface area (Å²) in [6, 6.07) is 7.27. The van der Waals surface area contributed by atoms with E-state index >= 15 is 0 Å². The van der Waals surface area contributed by atoms with Gasteiger partial charge in [-0.3, -0.25) is 9.79 Å². The van der Waals surface area contributed by atoms with E-state index in [1.807, 2.05) is 18.2 Å². The number of nitrogens with one attached hydrogen (secondary N) is 2. The molecule has 1 heterocycles. The van der Waals surface area contributed by atoms with Crippen molar-refractivity contribution in [3.05, 3.63) is 29.8 Å². The molecule has 0 bridgehead atoms. The van der Waals surface area contributed by atoms with Crippen LogP contribution < -0.4 is 10.6 Å². The summed E-state index contributed by atoms with van der Waals surface area (Å²) in [6.07, 6.45) is 7.80. The highest BCUT2D eigenvalue weighted by Crippen LogP contribution is 2.23. The average molecular weight is 468 g/mol. The van der Waals surface area contributed by atoms with Crippen LogP contribution in [0.25, 0.3) is 0 Å². The summed E-state index contributed by atoms with van der Waals surface area (Å²) >= 11 is 0. The molecule has 5 nitrogen and oxygen atoms in total. The number of guanidine groups is 1. The van der Waals surface area contributed by atoms with E-state index in [2.05, 4.69) is 40.3 Å². The van der Waals surface area contributed by atoms with Crippen molar-refractivity contribution in [3.8, 4) is 12.3 Å². The van der Waals surface area contributed by atoms with E-state index < -0.39 is 0 Å². The molecular formula is C20H29IN4O. The van der Waals surface area contributed by atoms with Crippen molar-refractivity contribution in [2.75, 3.05) is 32.0 Å². The van der Waals surface area contributed by atoms with Crippen LogP contribution in [0.2, 0.25) is 0 Å². The lowest BCUT2D eigenvalue weighted by Gasteiger charge is -2.22. The summed E-state index contributed by atoms with van der Waals surface area (Å²) in [6.45, 7) is 6.69. The van der Waals surface area contributed by atoms with Gasteiger partial charge < -0.3 is 15.5 Å². The van der Waals surface area contributed by atoms with Gasteiger partial charge in [0.2, 0.25) is 5.91 Å². The van der Waals surface area contributed by atoms with Crippen LogP contribution in [-0.4, -0.2) is 43.4 Å². The zero-order valence-electron chi connectivity index (χ0n) is 15.8. The van der Waals surface area contributed by atoms with Crippen molar-refractivity contribution < 1.29 is 4.79 Å². The summed E-state index contributed by atoms with van der Waals surface area (Å²) in [5.41, 5.74) is 1.45. The quantitative estimate of drug-likeness (QED) is 0.302. The molecule has 0 spiro atoms. The number of terminal acetylenes is 1. The third-order valence-electron chi connectivity index (χ3n) is 4.32. The van der Waals surface area contributed by atoms with Gasteiger partial charge in [0.1, 0.15) is 0 Å². The number of halogens is 1. The molecule has 1 saturated heterocycles. The van der Waals surface area contributed by atoms with E-state index in [1.54, 1.807) is 13.1 Å². The normalized spacial score (nSPS) is 16.8. The molecule has 1 aromatic rings. The Balaban J connectivity index is 0.00000338. The maximum atomic E-state index is 12.2.